The number of rotatable bonds is 3. The first-order valence-electron chi connectivity index (χ1n) is 5.93. The van der Waals surface area contributed by atoms with Gasteiger partial charge in [0, 0.05) is 17.6 Å². The van der Waals surface area contributed by atoms with Gasteiger partial charge in [0.1, 0.15) is 5.65 Å². The Kier molecular flexibility index (Phi) is 3.05. The summed E-state index contributed by atoms with van der Waals surface area (Å²) in [4.78, 5) is 15.5. The minimum absolute atomic E-state index is 0.604. The van der Waals surface area contributed by atoms with E-state index in [1.807, 2.05) is 42.6 Å². The molecular weight excluding hydrogens is 260 g/mol. The predicted molar refractivity (Wildman–Crippen MR) is 74.8 cm³/mol. The van der Waals surface area contributed by atoms with E-state index < -0.39 is 0 Å². The lowest BCUT2D eigenvalue weighted by Crippen LogP contribution is -1.92. The zero-order chi connectivity index (χ0) is 13.2. The van der Waals surface area contributed by atoms with Crippen molar-refractivity contribution < 1.29 is 4.79 Å². The van der Waals surface area contributed by atoms with Crippen LogP contribution in [0.15, 0.2) is 48.7 Å². The molecule has 19 heavy (non-hydrogen) atoms. The summed E-state index contributed by atoms with van der Waals surface area (Å²) < 4.78 is 1.80. The van der Waals surface area contributed by atoms with Gasteiger partial charge in [-0.3, -0.25) is 9.20 Å². The molecule has 0 aliphatic rings. The van der Waals surface area contributed by atoms with Gasteiger partial charge in [0.25, 0.3) is 0 Å². The van der Waals surface area contributed by atoms with Crippen molar-refractivity contribution in [2.45, 2.75) is 6.42 Å². The molecule has 94 valence electrons. The molecule has 3 rings (SSSR count). The van der Waals surface area contributed by atoms with Crippen LogP contribution in [0.25, 0.3) is 5.65 Å². The third-order valence-corrected chi connectivity index (χ3v) is 3.24. The van der Waals surface area contributed by atoms with Crippen LogP contribution in [0.2, 0.25) is 5.02 Å². The molecule has 3 aromatic rings. The molecule has 2 heterocycles. The smallest absolute Gasteiger partial charge is 0.166 e. The van der Waals surface area contributed by atoms with Crippen molar-refractivity contribution in [3.05, 3.63) is 70.6 Å². The van der Waals surface area contributed by atoms with E-state index in [1.165, 1.54) is 0 Å². The predicted octanol–water partition coefficient (Wildman–Crippen LogP) is 3.39. The standard InChI is InChI=1S/C15H11ClN2O/c16-12-6-4-11(5-7-12)8-13-9-18-14(10-19)2-1-3-15(18)17-13/h1-7,9-10H,8H2. The summed E-state index contributed by atoms with van der Waals surface area (Å²) in [6.45, 7) is 0. The Morgan fingerprint density at radius 2 is 1.95 bits per heavy atom. The van der Waals surface area contributed by atoms with E-state index in [9.17, 15) is 4.79 Å². The van der Waals surface area contributed by atoms with Gasteiger partial charge < -0.3 is 0 Å². The maximum atomic E-state index is 11.0. The quantitative estimate of drug-likeness (QED) is 0.684. The molecule has 0 spiro atoms. The number of benzene rings is 1. The summed E-state index contributed by atoms with van der Waals surface area (Å²) in [6, 6.07) is 13.2. The van der Waals surface area contributed by atoms with Gasteiger partial charge in [-0.15, -0.1) is 0 Å². The Morgan fingerprint density at radius 3 is 2.68 bits per heavy atom. The monoisotopic (exact) mass is 270 g/mol. The topological polar surface area (TPSA) is 34.4 Å². The Morgan fingerprint density at radius 1 is 1.16 bits per heavy atom. The normalized spacial score (nSPS) is 10.8. The molecule has 0 fully saturated rings. The van der Waals surface area contributed by atoms with Crippen molar-refractivity contribution in [2.75, 3.05) is 0 Å². The van der Waals surface area contributed by atoms with E-state index >= 15 is 0 Å². The SMILES string of the molecule is O=Cc1cccc2nc(Cc3ccc(Cl)cc3)cn12. The average Bonchev–Trinajstić information content (AvgIpc) is 2.83. The minimum Gasteiger partial charge on any atom is -0.297 e. The molecule has 0 aliphatic heterocycles. The van der Waals surface area contributed by atoms with Crippen LogP contribution >= 0.6 is 11.6 Å². The van der Waals surface area contributed by atoms with Crippen LogP contribution < -0.4 is 0 Å². The van der Waals surface area contributed by atoms with Crippen LogP contribution in [0.4, 0.5) is 0 Å². The largest absolute Gasteiger partial charge is 0.297 e. The van der Waals surface area contributed by atoms with Gasteiger partial charge in [-0.25, -0.2) is 4.98 Å². The van der Waals surface area contributed by atoms with E-state index in [-0.39, 0.29) is 0 Å². The number of imidazole rings is 1. The third-order valence-electron chi connectivity index (χ3n) is 2.99. The Labute approximate surface area is 115 Å². The molecule has 4 heteroatoms. The molecule has 3 nitrogen and oxygen atoms in total. The summed E-state index contributed by atoms with van der Waals surface area (Å²) in [5.74, 6) is 0. The molecule has 0 atom stereocenters. The molecule has 0 saturated heterocycles. The number of nitrogens with zero attached hydrogens (tertiary/aromatic N) is 2. The fourth-order valence-electron chi connectivity index (χ4n) is 2.08. The number of hydrogen-bond acceptors (Lipinski definition) is 2. The van der Waals surface area contributed by atoms with E-state index in [4.69, 9.17) is 11.6 Å². The number of fused-ring (bicyclic) bond motifs is 1. The van der Waals surface area contributed by atoms with Crippen LogP contribution in [-0.2, 0) is 6.42 Å². The first kappa shape index (κ1) is 11.9. The Bertz CT molecular complexity index is 731. The van der Waals surface area contributed by atoms with Crippen LogP contribution in [0.3, 0.4) is 0 Å². The number of carbonyl (C=O) groups is 1. The number of carbonyl (C=O) groups excluding carboxylic acids is 1. The fourth-order valence-corrected chi connectivity index (χ4v) is 2.20. The Hall–Kier alpha value is -2.13. The van der Waals surface area contributed by atoms with Gasteiger partial charge in [0.05, 0.1) is 11.4 Å². The molecule has 1 aromatic carbocycles. The second-order valence-corrected chi connectivity index (χ2v) is 4.77. The number of hydrogen-bond donors (Lipinski definition) is 0. The van der Waals surface area contributed by atoms with Crippen molar-refractivity contribution in [1.82, 2.24) is 9.38 Å². The third kappa shape index (κ3) is 2.37. The highest BCUT2D eigenvalue weighted by Crippen LogP contribution is 2.14. The van der Waals surface area contributed by atoms with Gasteiger partial charge in [0.15, 0.2) is 6.29 Å². The molecule has 0 unspecified atom stereocenters. The molecule has 0 radical (unpaired) electrons. The van der Waals surface area contributed by atoms with Crippen molar-refractivity contribution in [3.8, 4) is 0 Å². The van der Waals surface area contributed by atoms with Crippen molar-refractivity contribution in [3.63, 3.8) is 0 Å². The average molecular weight is 271 g/mol. The highest BCUT2D eigenvalue weighted by Gasteiger charge is 2.05. The zero-order valence-electron chi connectivity index (χ0n) is 10.1. The van der Waals surface area contributed by atoms with Gasteiger partial charge in [0.2, 0.25) is 0 Å². The van der Waals surface area contributed by atoms with Gasteiger partial charge in [-0.1, -0.05) is 29.8 Å². The van der Waals surface area contributed by atoms with Crippen molar-refractivity contribution in [2.24, 2.45) is 0 Å². The van der Waals surface area contributed by atoms with Crippen LogP contribution in [0.5, 0.6) is 0 Å². The summed E-state index contributed by atoms with van der Waals surface area (Å²) in [5, 5.41) is 0.724. The second-order valence-electron chi connectivity index (χ2n) is 4.33. The number of pyridine rings is 1. The molecule has 2 aromatic heterocycles. The van der Waals surface area contributed by atoms with Crippen LogP contribution in [0, 0.1) is 0 Å². The summed E-state index contributed by atoms with van der Waals surface area (Å²) in [5.41, 5.74) is 3.46. The minimum atomic E-state index is 0.604. The summed E-state index contributed by atoms with van der Waals surface area (Å²) in [6.07, 6.45) is 3.45. The zero-order valence-corrected chi connectivity index (χ0v) is 10.8. The van der Waals surface area contributed by atoms with Crippen molar-refractivity contribution in [1.29, 1.82) is 0 Å². The molecule has 0 N–H and O–H groups in total. The first-order chi connectivity index (χ1) is 9.26. The maximum absolute atomic E-state index is 11.0. The molecule has 0 amide bonds. The summed E-state index contributed by atoms with van der Waals surface area (Å²) >= 11 is 5.86. The summed E-state index contributed by atoms with van der Waals surface area (Å²) in [7, 11) is 0. The van der Waals surface area contributed by atoms with E-state index in [0.29, 0.717) is 5.69 Å². The lowest BCUT2D eigenvalue weighted by molar-refractivity contribution is 0.111. The van der Waals surface area contributed by atoms with E-state index in [2.05, 4.69) is 4.98 Å². The lowest BCUT2D eigenvalue weighted by Gasteiger charge is -1.97. The number of halogens is 1. The van der Waals surface area contributed by atoms with E-state index in [1.54, 1.807) is 10.5 Å². The van der Waals surface area contributed by atoms with Gasteiger partial charge >= 0.3 is 0 Å². The maximum Gasteiger partial charge on any atom is 0.166 e. The van der Waals surface area contributed by atoms with Crippen molar-refractivity contribution >= 4 is 23.5 Å². The van der Waals surface area contributed by atoms with Crippen LogP contribution in [0.1, 0.15) is 21.7 Å². The van der Waals surface area contributed by atoms with E-state index in [0.717, 1.165) is 34.6 Å². The fraction of sp³-hybridized carbons (Fsp3) is 0.0667. The highest BCUT2D eigenvalue weighted by molar-refractivity contribution is 6.30. The molecule has 0 saturated carbocycles. The number of aldehydes is 1. The second kappa shape index (κ2) is 4.86. The number of aromatic nitrogens is 2. The van der Waals surface area contributed by atoms with Gasteiger partial charge in [-0.2, -0.15) is 0 Å². The van der Waals surface area contributed by atoms with Crippen LogP contribution in [-0.4, -0.2) is 15.7 Å². The molecule has 0 bridgehead atoms. The Balaban J connectivity index is 1.97. The highest BCUT2D eigenvalue weighted by atomic mass is 35.5. The molecular formula is C15H11ClN2O. The first-order valence-corrected chi connectivity index (χ1v) is 6.31. The van der Waals surface area contributed by atoms with Gasteiger partial charge in [-0.05, 0) is 29.8 Å². The lowest BCUT2D eigenvalue weighted by atomic mass is 10.1. The molecule has 0 aliphatic carbocycles.